The van der Waals surface area contributed by atoms with Gasteiger partial charge < -0.3 is 4.90 Å². The standard InChI is InChI=1S/C21H27F3N2O/c22-21(23,24)16-8-6-15(7-9-16)18-14-19(18)20(27)26-12-10-25(11-13-26)17-4-2-1-3-5-17/h6-9,17-19H,1-5,10-14H2/t18-,19?/m0/s1. The van der Waals surface area contributed by atoms with Crippen molar-refractivity contribution in [3.05, 3.63) is 35.4 Å². The Morgan fingerprint density at radius 1 is 0.926 bits per heavy atom. The van der Waals surface area contributed by atoms with Crippen LogP contribution in [0.4, 0.5) is 13.2 Å². The number of alkyl halides is 3. The van der Waals surface area contributed by atoms with Gasteiger partial charge in [-0.05, 0) is 42.9 Å². The van der Waals surface area contributed by atoms with Crippen molar-refractivity contribution in [2.24, 2.45) is 5.92 Å². The maximum absolute atomic E-state index is 12.8. The highest BCUT2D eigenvalue weighted by molar-refractivity contribution is 5.83. The summed E-state index contributed by atoms with van der Waals surface area (Å²) in [6.07, 6.45) is 3.00. The van der Waals surface area contributed by atoms with Gasteiger partial charge in [-0.25, -0.2) is 0 Å². The largest absolute Gasteiger partial charge is 0.416 e. The predicted molar refractivity (Wildman–Crippen MR) is 97.3 cm³/mol. The molecule has 1 aliphatic heterocycles. The van der Waals surface area contributed by atoms with Crippen LogP contribution in [0.15, 0.2) is 24.3 Å². The summed E-state index contributed by atoms with van der Waals surface area (Å²) in [5.41, 5.74) is 0.218. The molecule has 0 spiro atoms. The van der Waals surface area contributed by atoms with Crippen molar-refractivity contribution in [3.63, 3.8) is 0 Å². The molecule has 0 aromatic heterocycles. The number of benzene rings is 1. The van der Waals surface area contributed by atoms with E-state index in [2.05, 4.69) is 4.90 Å². The normalized spacial score (nSPS) is 27.6. The van der Waals surface area contributed by atoms with E-state index in [-0.39, 0.29) is 17.7 Å². The van der Waals surface area contributed by atoms with Crippen LogP contribution >= 0.6 is 0 Å². The lowest BCUT2D eigenvalue weighted by Crippen LogP contribution is -2.52. The summed E-state index contributed by atoms with van der Waals surface area (Å²) < 4.78 is 38.1. The topological polar surface area (TPSA) is 23.6 Å². The molecule has 6 heteroatoms. The SMILES string of the molecule is O=C(C1C[C@H]1c1ccc(C(F)(F)F)cc1)N1CCN(C2CCCCC2)CC1. The molecule has 1 unspecified atom stereocenters. The molecule has 2 atom stereocenters. The highest BCUT2D eigenvalue weighted by Gasteiger charge is 2.46. The van der Waals surface area contributed by atoms with Gasteiger partial charge in [-0.3, -0.25) is 9.69 Å². The fourth-order valence-electron chi connectivity index (χ4n) is 4.74. The van der Waals surface area contributed by atoms with Crippen LogP contribution in [0.5, 0.6) is 0 Å². The van der Waals surface area contributed by atoms with Gasteiger partial charge in [-0.2, -0.15) is 13.2 Å². The summed E-state index contributed by atoms with van der Waals surface area (Å²) in [6.45, 7) is 3.47. The fourth-order valence-corrected chi connectivity index (χ4v) is 4.74. The molecule has 1 saturated heterocycles. The van der Waals surface area contributed by atoms with Gasteiger partial charge in [0.15, 0.2) is 0 Å². The van der Waals surface area contributed by atoms with Crippen LogP contribution in [0.2, 0.25) is 0 Å². The number of piperazine rings is 1. The second-order valence-corrected chi connectivity index (χ2v) is 8.22. The third kappa shape index (κ3) is 4.15. The first-order valence-corrected chi connectivity index (χ1v) is 10.1. The van der Waals surface area contributed by atoms with Crippen LogP contribution < -0.4 is 0 Å². The van der Waals surface area contributed by atoms with E-state index < -0.39 is 11.7 Å². The first kappa shape index (κ1) is 18.8. The second-order valence-electron chi connectivity index (χ2n) is 8.22. The van der Waals surface area contributed by atoms with Gasteiger partial charge in [-0.1, -0.05) is 31.4 Å². The Bertz CT molecular complexity index is 659. The molecule has 4 rings (SSSR count). The Balaban J connectivity index is 1.29. The maximum Gasteiger partial charge on any atom is 0.416 e. The van der Waals surface area contributed by atoms with E-state index in [1.54, 1.807) is 0 Å². The average Bonchev–Trinajstić information content (AvgIpc) is 3.49. The molecule has 1 heterocycles. The van der Waals surface area contributed by atoms with Crippen LogP contribution in [0, 0.1) is 5.92 Å². The molecule has 2 saturated carbocycles. The Labute approximate surface area is 158 Å². The number of rotatable bonds is 3. The number of amides is 1. The third-order valence-electron chi connectivity index (χ3n) is 6.49. The highest BCUT2D eigenvalue weighted by atomic mass is 19.4. The first-order valence-electron chi connectivity index (χ1n) is 10.1. The minimum absolute atomic E-state index is 0.0528. The maximum atomic E-state index is 12.8. The van der Waals surface area contributed by atoms with Crippen molar-refractivity contribution in [2.75, 3.05) is 26.2 Å². The molecule has 2 aliphatic carbocycles. The van der Waals surface area contributed by atoms with Crippen molar-refractivity contribution in [1.29, 1.82) is 0 Å². The van der Waals surface area contributed by atoms with E-state index in [4.69, 9.17) is 0 Å². The van der Waals surface area contributed by atoms with Crippen LogP contribution in [0.1, 0.15) is 55.6 Å². The van der Waals surface area contributed by atoms with Crippen LogP contribution in [-0.2, 0) is 11.0 Å². The summed E-state index contributed by atoms with van der Waals surface area (Å²) in [7, 11) is 0. The number of hydrogen-bond donors (Lipinski definition) is 0. The molecule has 3 nitrogen and oxygen atoms in total. The van der Waals surface area contributed by atoms with E-state index in [1.807, 2.05) is 4.90 Å². The average molecular weight is 380 g/mol. The van der Waals surface area contributed by atoms with Gasteiger partial charge in [0.2, 0.25) is 5.91 Å². The van der Waals surface area contributed by atoms with E-state index in [0.717, 1.165) is 50.3 Å². The Kier molecular flexibility index (Phi) is 5.19. The van der Waals surface area contributed by atoms with Crippen molar-refractivity contribution in [3.8, 4) is 0 Å². The molecule has 148 valence electrons. The van der Waals surface area contributed by atoms with Crippen molar-refractivity contribution < 1.29 is 18.0 Å². The van der Waals surface area contributed by atoms with Crippen LogP contribution in [0.3, 0.4) is 0 Å². The molecule has 3 fully saturated rings. The Morgan fingerprint density at radius 3 is 2.15 bits per heavy atom. The van der Waals surface area contributed by atoms with Gasteiger partial charge >= 0.3 is 6.18 Å². The Hall–Kier alpha value is -1.56. The van der Waals surface area contributed by atoms with Crippen molar-refractivity contribution in [2.45, 2.75) is 56.7 Å². The van der Waals surface area contributed by atoms with Gasteiger partial charge in [0.05, 0.1) is 5.56 Å². The second kappa shape index (κ2) is 7.46. The Morgan fingerprint density at radius 2 is 1.56 bits per heavy atom. The molecular weight excluding hydrogens is 353 g/mol. The predicted octanol–water partition coefficient (Wildman–Crippen LogP) is 4.29. The van der Waals surface area contributed by atoms with E-state index >= 15 is 0 Å². The van der Waals surface area contributed by atoms with Crippen LogP contribution in [0.25, 0.3) is 0 Å². The zero-order chi connectivity index (χ0) is 19.0. The molecule has 0 bridgehead atoms. The number of carbonyl (C=O) groups is 1. The number of nitrogens with zero attached hydrogens (tertiary/aromatic N) is 2. The zero-order valence-electron chi connectivity index (χ0n) is 15.5. The molecule has 27 heavy (non-hydrogen) atoms. The number of halogens is 3. The summed E-state index contributed by atoms with van der Waals surface area (Å²) in [5, 5.41) is 0. The van der Waals surface area contributed by atoms with Gasteiger partial charge in [-0.15, -0.1) is 0 Å². The molecule has 1 aromatic rings. The van der Waals surface area contributed by atoms with E-state index in [1.165, 1.54) is 44.2 Å². The van der Waals surface area contributed by atoms with Gasteiger partial charge in [0.1, 0.15) is 0 Å². The summed E-state index contributed by atoms with van der Waals surface area (Å²) in [5.74, 6) is 0.210. The minimum atomic E-state index is -4.31. The van der Waals surface area contributed by atoms with E-state index in [0.29, 0.717) is 6.04 Å². The van der Waals surface area contributed by atoms with Crippen LogP contribution in [-0.4, -0.2) is 47.9 Å². The highest BCUT2D eigenvalue weighted by Crippen LogP contribution is 2.49. The molecule has 0 radical (unpaired) electrons. The first-order chi connectivity index (χ1) is 12.9. The summed E-state index contributed by atoms with van der Waals surface area (Å²) >= 11 is 0. The van der Waals surface area contributed by atoms with Gasteiger partial charge in [0.25, 0.3) is 0 Å². The molecule has 1 amide bonds. The van der Waals surface area contributed by atoms with Crippen molar-refractivity contribution >= 4 is 5.91 Å². The lowest BCUT2D eigenvalue weighted by molar-refractivity contribution is -0.137. The molecular formula is C21H27F3N2O. The fraction of sp³-hybridized carbons (Fsp3) is 0.667. The van der Waals surface area contributed by atoms with Crippen molar-refractivity contribution in [1.82, 2.24) is 9.80 Å². The lowest BCUT2D eigenvalue weighted by atomic mass is 9.94. The van der Waals surface area contributed by atoms with Gasteiger partial charge in [0, 0.05) is 38.1 Å². The minimum Gasteiger partial charge on any atom is -0.340 e. The zero-order valence-corrected chi connectivity index (χ0v) is 15.5. The third-order valence-corrected chi connectivity index (χ3v) is 6.49. The molecule has 0 N–H and O–H groups in total. The smallest absolute Gasteiger partial charge is 0.340 e. The molecule has 1 aromatic carbocycles. The number of hydrogen-bond acceptors (Lipinski definition) is 2. The summed E-state index contributed by atoms with van der Waals surface area (Å²) in [4.78, 5) is 17.3. The quantitative estimate of drug-likeness (QED) is 0.781. The summed E-state index contributed by atoms with van der Waals surface area (Å²) in [6, 6.07) is 6.00. The number of carbonyl (C=O) groups excluding carboxylic acids is 1. The molecule has 3 aliphatic rings. The monoisotopic (exact) mass is 380 g/mol. The lowest BCUT2D eigenvalue weighted by Gasteiger charge is -2.40. The van der Waals surface area contributed by atoms with E-state index in [9.17, 15) is 18.0 Å².